The third kappa shape index (κ3) is 4.05. The Kier molecular flexibility index (Phi) is 5.11. The fourth-order valence-electron chi connectivity index (χ4n) is 2.60. The Labute approximate surface area is 147 Å². The molecular formula is C21H20N2O2. The maximum atomic E-state index is 12.4. The largest absolute Gasteiger partial charge is 0.398 e. The summed E-state index contributed by atoms with van der Waals surface area (Å²) in [4.78, 5) is 12.4. The molecule has 0 unspecified atom stereocenters. The second-order valence-corrected chi connectivity index (χ2v) is 5.74. The molecule has 0 saturated carbocycles. The smallest absolute Gasteiger partial charge is 0.255 e. The van der Waals surface area contributed by atoms with Gasteiger partial charge in [-0.25, -0.2) is 0 Å². The number of nitrogen functional groups attached to an aromatic ring is 1. The summed E-state index contributed by atoms with van der Waals surface area (Å²) < 4.78 is 5.07. The van der Waals surface area contributed by atoms with Gasteiger partial charge in [-0.1, -0.05) is 48.5 Å². The molecule has 3 aromatic rings. The second kappa shape index (κ2) is 7.64. The van der Waals surface area contributed by atoms with E-state index in [4.69, 9.17) is 10.5 Å². The van der Waals surface area contributed by atoms with E-state index in [0.29, 0.717) is 17.9 Å². The van der Waals surface area contributed by atoms with Gasteiger partial charge in [-0.05, 0) is 35.4 Å². The van der Waals surface area contributed by atoms with Crippen molar-refractivity contribution in [3.05, 3.63) is 83.9 Å². The van der Waals surface area contributed by atoms with Crippen LogP contribution in [0.1, 0.15) is 15.9 Å². The summed E-state index contributed by atoms with van der Waals surface area (Å²) in [6, 6.07) is 23.1. The molecule has 0 saturated heterocycles. The molecule has 0 spiro atoms. The highest BCUT2D eigenvalue weighted by Gasteiger charge is 2.09. The van der Waals surface area contributed by atoms with Crippen LogP contribution in [0.4, 0.5) is 11.4 Å². The van der Waals surface area contributed by atoms with E-state index in [1.165, 1.54) is 0 Å². The van der Waals surface area contributed by atoms with Gasteiger partial charge in [0.1, 0.15) is 0 Å². The van der Waals surface area contributed by atoms with E-state index in [1.54, 1.807) is 19.2 Å². The SMILES string of the molecule is COCc1ccc(C(=O)Nc2ccc(-c3ccccc3)cc2)cc1N. The number of nitrogens with one attached hydrogen (secondary N) is 1. The van der Waals surface area contributed by atoms with Crippen molar-refractivity contribution >= 4 is 17.3 Å². The zero-order valence-corrected chi connectivity index (χ0v) is 14.0. The number of anilines is 2. The van der Waals surface area contributed by atoms with E-state index in [1.807, 2.05) is 48.5 Å². The molecule has 126 valence electrons. The summed E-state index contributed by atoms with van der Waals surface area (Å²) >= 11 is 0. The third-order valence-electron chi connectivity index (χ3n) is 3.96. The van der Waals surface area contributed by atoms with Gasteiger partial charge in [0.05, 0.1) is 6.61 Å². The number of methoxy groups -OCH3 is 1. The Bertz CT molecular complexity index is 859. The quantitative estimate of drug-likeness (QED) is 0.683. The Balaban J connectivity index is 1.72. The van der Waals surface area contributed by atoms with E-state index in [9.17, 15) is 4.79 Å². The first kappa shape index (κ1) is 16.7. The molecule has 3 N–H and O–H groups in total. The predicted molar refractivity (Wildman–Crippen MR) is 101 cm³/mol. The summed E-state index contributed by atoms with van der Waals surface area (Å²) in [7, 11) is 1.61. The molecule has 3 aromatic carbocycles. The number of hydrogen-bond donors (Lipinski definition) is 2. The molecule has 0 bridgehead atoms. The summed E-state index contributed by atoms with van der Waals surface area (Å²) in [5.41, 5.74) is 10.9. The zero-order valence-electron chi connectivity index (χ0n) is 14.0. The van der Waals surface area contributed by atoms with E-state index in [0.717, 1.165) is 22.4 Å². The Morgan fingerprint density at radius 1 is 0.960 bits per heavy atom. The molecule has 3 rings (SSSR count). The lowest BCUT2D eigenvalue weighted by Crippen LogP contribution is -2.12. The van der Waals surface area contributed by atoms with E-state index in [2.05, 4.69) is 17.4 Å². The fraction of sp³-hybridized carbons (Fsp3) is 0.0952. The van der Waals surface area contributed by atoms with Crippen LogP contribution in [0.2, 0.25) is 0 Å². The standard InChI is InChI=1S/C21H20N2O2/c1-25-14-18-8-7-17(13-20(18)22)21(24)23-19-11-9-16(10-12-19)15-5-3-2-4-6-15/h2-13H,14,22H2,1H3,(H,23,24). The first-order valence-electron chi connectivity index (χ1n) is 8.01. The lowest BCUT2D eigenvalue weighted by Gasteiger charge is -2.09. The van der Waals surface area contributed by atoms with Gasteiger partial charge < -0.3 is 15.8 Å². The van der Waals surface area contributed by atoms with Gasteiger partial charge in [0.15, 0.2) is 0 Å². The Morgan fingerprint density at radius 3 is 2.28 bits per heavy atom. The van der Waals surface area contributed by atoms with E-state index >= 15 is 0 Å². The van der Waals surface area contributed by atoms with Crippen molar-refractivity contribution in [1.82, 2.24) is 0 Å². The lowest BCUT2D eigenvalue weighted by molar-refractivity contribution is 0.102. The molecule has 0 radical (unpaired) electrons. The number of carbonyl (C=O) groups is 1. The van der Waals surface area contributed by atoms with Gasteiger partial charge in [-0.2, -0.15) is 0 Å². The van der Waals surface area contributed by atoms with Gasteiger partial charge in [0, 0.05) is 29.6 Å². The predicted octanol–water partition coefficient (Wildman–Crippen LogP) is 4.33. The van der Waals surface area contributed by atoms with Crippen LogP contribution in [-0.2, 0) is 11.3 Å². The van der Waals surface area contributed by atoms with Gasteiger partial charge in [-0.15, -0.1) is 0 Å². The van der Waals surface area contributed by atoms with E-state index in [-0.39, 0.29) is 5.91 Å². The zero-order chi connectivity index (χ0) is 17.6. The average Bonchev–Trinajstić information content (AvgIpc) is 2.65. The molecule has 4 heteroatoms. The normalized spacial score (nSPS) is 10.4. The van der Waals surface area contributed by atoms with Gasteiger partial charge in [0.2, 0.25) is 0 Å². The van der Waals surface area contributed by atoms with Crippen molar-refractivity contribution < 1.29 is 9.53 Å². The average molecular weight is 332 g/mol. The molecule has 0 aliphatic heterocycles. The molecule has 0 aliphatic rings. The van der Waals surface area contributed by atoms with E-state index < -0.39 is 0 Å². The number of ether oxygens (including phenoxy) is 1. The molecular weight excluding hydrogens is 312 g/mol. The summed E-state index contributed by atoms with van der Waals surface area (Å²) in [6.07, 6.45) is 0. The van der Waals surface area contributed by atoms with Crippen LogP contribution in [0.25, 0.3) is 11.1 Å². The maximum absolute atomic E-state index is 12.4. The topological polar surface area (TPSA) is 64.3 Å². The number of hydrogen-bond acceptors (Lipinski definition) is 3. The molecule has 25 heavy (non-hydrogen) atoms. The van der Waals surface area contributed by atoms with Crippen LogP contribution in [0, 0.1) is 0 Å². The second-order valence-electron chi connectivity index (χ2n) is 5.74. The highest BCUT2D eigenvalue weighted by molar-refractivity contribution is 6.05. The number of carbonyl (C=O) groups excluding carboxylic acids is 1. The minimum atomic E-state index is -0.192. The van der Waals surface area contributed by atoms with Gasteiger partial charge in [0.25, 0.3) is 5.91 Å². The summed E-state index contributed by atoms with van der Waals surface area (Å²) in [6.45, 7) is 0.425. The van der Waals surface area contributed by atoms with Crippen LogP contribution in [0.5, 0.6) is 0 Å². The van der Waals surface area contributed by atoms with Gasteiger partial charge in [-0.3, -0.25) is 4.79 Å². The van der Waals surface area contributed by atoms with Crippen molar-refractivity contribution in [2.45, 2.75) is 6.61 Å². The van der Waals surface area contributed by atoms with Crippen LogP contribution >= 0.6 is 0 Å². The Hall–Kier alpha value is -3.11. The molecule has 0 aromatic heterocycles. The molecule has 4 nitrogen and oxygen atoms in total. The summed E-state index contributed by atoms with van der Waals surface area (Å²) in [5, 5.41) is 2.89. The maximum Gasteiger partial charge on any atom is 0.255 e. The minimum Gasteiger partial charge on any atom is -0.398 e. The first-order chi connectivity index (χ1) is 12.2. The van der Waals surface area contributed by atoms with Crippen LogP contribution in [0.3, 0.4) is 0 Å². The number of amides is 1. The van der Waals surface area contributed by atoms with Crippen molar-refractivity contribution in [2.24, 2.45) is 0 Å². The Morgan fingerprint density at radius 2 is 1.64 bits per heavy atom. The molecule has 0 heterocycles. The molecule has 1 amide bonds. The van der Waals surface area contributed by atoms with Gasteiger partial charge >= 0.3 is 0 Å². The number of rotatable bonds is 5. The van der Waals surface area contributed by atoms with Crippen LogP contribution in [-0.4, -0.2) is 13.0 Å². The number of benzene rings is 3. The van der Waals surface area contributed by atoms with Crippen molar-refractivity contribution in [3.8, 4) is 11.1 Å². The monoisotopic (exact) mass is 332 g/mol. The van der Waals surface area contributed by atoms with Crippen molar-refractivity contribution in [1.29, 1.82) is 0 Å². The van der Waals surface area contributed by atoms with Crippen molar-refractivity contribution in [2.75, 3.05) is 18.2 Å². The minimum absolute atomic E-state index is 0.192. The fourth-order valence-corrected chi connectivity index (χ4v) is 2.60. The summed E-state index contributed by atoms with van der Waals surface area (Å²) in [5.74, 6) is -0.192. The van der Waals surface area contributed by atoms with Crippen LogP contribution < -0.4 is 11.1 Å². The van der Waals surface area contributed by atoms with Crippen molar-refractivity contribution in [3.63, 3.8) is 0 Å². The lowest BCUT2D eigenvalue weighted by atomic mass is 10.1. The highest BCUT2D eigenvalue weighted by Crippen LogP contribution is 2.22. The molecule has 0 aliphatic carbocycles. The molecule has 0 fully saturated rings. The van der Waals surface area contributed by atoms with Crippen LogP contribution in [0.15, 0.2) is 72.8 Å². The first-order valence-corrected chi connectivity index (χ1v) is 8.01. The number of nitrogens with two attached hydrogens (primary N) is 1. The molecule has 0 atom stereocenters. The third-order valence-corrected chi connectivity index (χ3v) is 3.96. The highest BCUT2D eigenvalue weighted by atomic mass is 16.5.